The van der Waals surface area contributed by atoms with E-state index in [1.807, 2.05) is 57.2 Å². The van der Waals surface area contributed by atoms with Crippen LogP contribution in [0.4, 0.5) is 0 Å². The van der Waals surface area contributed by atoms with Crippen molar-refractivity contribution in [2.24, 2.45) is 10.8 Å². The zero-order valence-corrected chi connectivity index (χ0v) is 27.9. The summed E-state index contributed by atoms with van der Waals surface area (Å²) < 4.78 is 0. The first-order valence-electron chi connectivity index (χ1n) is 15.1. The molecule has 0 bridgehead atoms. The highest BCUT2D eigenvalue weighted by atomic mass is 16.2. The fraction of sp³-hybridized carbons (Fsp3) is 0.375. The van der Waals surface area contributed by atoms with E-state index in [0.29, 0.717) is 24.2 Å². The second-order valence-electron chi connectivity index (χ2n) is 13.2. The Hall–Kier alpha value is -3.85. The van der Waals surface area contributed by atoms with E-state index >= 15 is 0 Å². The summed E-state index contributed by atoms with van der Waals surface area (Å²) >= 11 is 0. The zero-order valence-electron chi connectivity index (χ0n) is 27.9. The highest BCUT2D eigenvalue weighted by molar-refractivity contribution is 6.44. The van der Waals surface area contributed by atoms with Crippen LogP contribution in [0.1, 0.15) is 88.5 Å². The van der Waals surface area contributed by atoms with E-state index in [4.69, 9.17) is 0 Å². The first-order valence-corrected chi connectivity index (χ1v) is 15.1. The van der Waals surface area contributed by atoms with Crippen molar-refractivity contribution in [2.45, 2.75) is 88.5 Å². The highest BCUT2D eigenvalue weighted by Crippen LogP contribution is 2.40. The van der Waals surface area contributed by atoms with Gasteiger partial charge in [0.2, 0.25) is 11.6 Å². The third-order valence-corrected chi connectivity index (χ3v) is 7.91. The van der Waals surface area contributed by atoms with Gasteiger partial charge in [0.1, 0.15) is 5.78 Å². The molecule has 0 N–H and O–H groups in total. The number of ketones is 3. The van der Waals surface area contributed by atoms with Gasteiger partial charge in [-0.3, -0.25) is 14.4 Å². The first-order chi connectivity index (χ1) is 20.0. The maximum atomic E-state index is 12.1. The minimum atomic E-state index is -0.362. The lowest BCUT2D eigenvalue weighted by molar-refractivity contribution is -0.136. The van der Waals surface area contributed by atoms with Crippen molar-refractivity contribution < 1.29 is 14.4 Å². The number of hydrogen-bond donors (Lipinski definition) is 0. The van der Waals surface area contributed by atoms with Crippen LogP contribution in [0.3, 0.4) is 0 Å². The smallest absolute Gasteiger partial charge is 0.224 e. The molecule has 0 heterocycles. The van der Waals surface area contributed by atoms with Crippen LogP contribution in [0.25, 0.3) is 0 Å². The molecule has 2 aliphatic rings. The minimum Gasteiger partial charge on any atom is -0.299 e. The van der Waals surface area contributed by atoms with Gasteiger partial charge in [-0.2, -0.15) is 0 Å². The van der Waals surface area contributed by atoms with Crippen molar-refractivity contribution in [1.82, 2.24) is 0 Å². The van der Waals surface area contributed by atoms with Gasteiger partial charge in [0.05, 0.1) is 0 Å². The van der Waals surface area contributed by atoms with Gasteiger partial charge in [0.25, 0.3) is 0 Å². The predicted molar refractivity (Wildman–Crippen MR) is 183 cm³/mol. The second-order valence-corrected chi connectivity index (χ2v) is 13.2. The molecule has 0 fully saturated rings. The molecule has 3 nitrogen and oxygen atoms in total. The molecule has 3 heteroatoms. The van der Waals surface area contributed by atoms with E-state index in [0.717, 1.165) is 27.9 Å². The Morgan fingerprint density at radius 1 is 0.581 bits per heavy atom. The second kappa shape index (κ2) is 15.6. The van der Waals surface area contributed by atoms with Gasteiger partial charge in [0, 0.05) is 24.8 Å². The van der Waals surface area contributed by atoms with Crippen molar-refractivity contribution in [1.29, 1.82) is 0 Å². The Bertz CT molecular complexity index is 1460. The van der Waals surface area contributed by atoms with Crippen LogP contribution in [0.2, 0.25) is 0 Å². The molecule has 2 rings (SSSR count). The molecular weight excluding hydrogens is 528 g/mol. The van der Waals surface area contributed by atoms with Gasteiger partial charge in [-0.15, -0.1) is 0 Å². The maximum absolute atomic E-state index is 12.1. The van der Waals surface area contributed by atoms with Crippen molar-refractivity contribution in [3.05, 3.63) is 130 Å². The summed E-state index contributed by atoms with van der Waals surface area (Å²) in [6, 6.07) is 0. The van der Waals surface area contributed by atoms with Gasteiger partial charge in [0.15, 0.2) is 0 Å². The summed E-state index contributed by atoms with van der Waals surface area (Å²) in [7, 11) is 0. The van der Waals surface area contributed by atoms with Gasteiger partial charge in [-0.25, -0.2) is 0 Å². The van der Waals surface area contributed by atoms with Gasteiger partial charge < -0.3 is 0 Å². The number of carbonyl (C=O) groups is 3. The number of allylic oxidation sites excluding steroid dienone is 22. The third kappa shape index (κ3) is 11.1. The van der Waals surface area contributed by atoms with E-state index in [1.165, 1.54) is 11.1 Å². The fourth-order valence-electron chi connectivity index (χ4n) is 5.52. The summed E-state index contributed by atoms with van der Waals surface area (Å²) in [5.41, 5.74) is 8.00. The largest absolute Gasteiger partial charge is 0.299 e. The maximum Gasteiger partial charge on any atom is 0.224 e. The van der Waals surface area contributed by atoms with Gasteiger partial charge in [-0.1, -0.05) is 141 Å². The van der Waals surface area contributed by atoms with Crippen LogP contribution in [0.15, 0.2) is 130 Å². The normalized spacial score (nSPS) is 21.4. The molecule has 0 spiro atoms. The summed E-state index contributed by atoms with van der Waals surface area (Å²) in [5.74, 6) is -0.333. The molecular formula is C40H50O3. The fourth-order valence-corrected chi connectivity index (χ4v) is 5.52. The molecule has 228 valence electrons. The highest BCUT2D eigenvalue weighted by Gasteiger charge is 2.36. The zero-order chi connectivity index (χ0) is 32.4. The van der Waals surface area contributed by atoms with Gasteiger partial charge >= 0.3 is 0 Å². The molecule has 0 saturated heterocycles. The molecule has 0 aromatic carbocycles. The van der Waals surface area contributed by atoms with Crippen LogP contribution in [0, 0.1) is 10.8 Å². The first kappa shape index (κ1) is 35.3. The molecule has 0 aliphatic heterocycles. The van der Waals surface area contributed by atoms with E-state index < -0.39 is 0 Å². The number of rotatable bonds is 10. The predicted octanol–water partition coefficient (Wildman–Crippen LogP) is 10.1. The SMILES string of the molecule is CC1=C(/C=C/C(C)=C/C=C/C(C)=C/C=C/C=C(C)/C=C/C=C(C)/C=C/C2=C(C)C(=O)C(=O)CC2(C)C)C(C)(C)CC(=O)C1. The van der Waals surface area contributed by atoms with Gasteiger partial charge in [-0.05, 0) is 63.5 Å². The monoisotopic (exact) mass is 578 g/mol. The number of hydrogen-bond acceptors (Lipinski definition) is 3. The molecule has 0 aromatic rings. The summed E-state index contributed by atoms with van der Waals surface area (Å²) in [6.45, 7) is 20.4. The average molecular weight is 579 g/mol. The summed E-state index contributed by atoms with van der Waals surface area (Å²) in [5, 5.41) is 0. The molecule has 43 heavy (non-hydrogen) atoms. The Kier molecular flexibility index (Phi) is 12.8. The van der Waals surface area contributed by atoms with Crippen LogP contribution in [-0.4, -0.2) is 17.3 Å². The van der Waals surface area contributed by atoms with Crippen molar-refractivity contribution >= 4 is 17.3 Å². The Morgan fingerprint density at radius 2 is 1.00 bits per heavy atom. The Balaban J connectivity index is 1.93. The third-order valence-electron chi connectivity index (χ3n) is 7.91. The Morgan fingerprint density at radius 3 is 1.49 bits per heavy atom. The van der Waals surface area contributed by atoms with Crippen LogP contribution in [-0.2, 0) is 14.4 Å². The Labute approximate surface area is 260 Å². The average Bonchev–Trinajstić information content (AvgIpc) is 2.88. The molecule has 0 unspecified atom stereocenters. The molecule has 0 radical (unpaired) electrons. The van der Waals surface area contributed by atoms with E-state index in [2.05, 4.69) is 90.2 Å². The van der Waals surface area contributed by atoms with Crippen molar-refractivity contribution in [3.63, 3.8) is 0 Å². The lowest BCUT2D eigenvalue weighted by Crippen LogP contribution is -2.32. The molecule has 2 aliphatic carbocycles. The molecule has 0 atom stereocenters. The van der Waals surface area contributed by atoms with Crippen LogP contribution < -0.4 is 0 Å². The van der Waals surface area contributed by atoms with E-state index in [9.17, 15) is 14.4 Å². The molecule has 0 saturated carbocycles. The summed E-state index contributed by atoms with van der Waals surface area (Å²) in [6.07, 6.45) is 30.3. The standard InChI is InChI=1S/C40H50O3/c1-28(17-13-19-30(3)21-23-35-32(5)25-34(41)26-39(35,7)8)15-11-12-16-29(2)18-14-20-31(4)22-24-36-33(6)38(43)37(42)27-40(36,9)10/h11-24H,25-27H2,1-10H3/b12-11+,17-13+,18-14+,23-21+,24-22+,28-15+,29-16+,30-19+,31-20+. The van der Waals surface area contributed by atoms with Crippen molar-refractivity contribution in [2.75, 3.05) is 0 Å². The van der Waals surface area contributed by atoms with E-state index in [-0.39, 0.29) is 28.8 Å². The number of Topliss-reactive ketones (excluding diaryl/α,β-unsaturated/α-hetero) is 3. The lowest BCUT2D eigenvalue weighted by Gasteiger charge is -2.32. The van der Waals surface area contributed by atoms with Crippen LogP contribution in [0.5, 0.6) is 0 Å². The van der Waals surface area contributed by atoms with E-state index in [1.54, 1.807) is 6.92 Å². The molecule has 0 amide bonds. The summed E-state index contributed by atoms with van der Waals surface area (Å²) in [4.78, 5) is 36.0. The van der Waals surface area contributed by atoms with Crippen LogP contribution >= 0.6 is 0 Å². The topological polar surface area (TPSA) is 51.2 Å². The number of carbonyl (C=O) groups excluding carboxylic acids is 3. The minimum absolute atomic E-state index is 0.107. The van der Waals surface area contributed by atoms with Crippen molar-refractivity contribution in [3.8, 4) is 0 Å². The quantitative estimate of drug-likeness (QED) is 0.191. The lowest BCUT2D eigenvalue weighted by atomic mass is 9.71. The molecule has 0 aromatic heterocycles.